The Morgan fingerprint density at radius 2 is 1.19 bits per heavy atom. The molecule has 0 radical (unpaired) electrons. The minimum Gasteiger partial charge on any atom is -0.453 e. The lowest BCUT2D eigenvalue weighted by molar-refractivity contribution is -0.241. The average molecular weight is 675 g/mol. The van der Waals surface area contributed by atoms with Gasteiger partial charge in [0.25, 0.3) is 0 Å². The van der Waals surface area contributed by atoms with E-state index in [0.717, 1.165) is 44.9 Å². The van der Waals surface area contributed by atoms with Crippen molar-refractivity contribution in [2.45, 2.75) is 205 Å². The van der Waals surface area contributed by atoms with Crippen molar-refractivity contribution in [1.82, 2.24) is 0 Å². The molecule has 0 spiro atoms. The van der Waals surface area contributed by atoms with Crippen LogP contribution in [0.4, 0.5) is 0 Å². The molecule has 4 saturated carbocycles. The zero-order chi connectivity index (χ0) is 35.7. The average Bonchev–Trinajstić information content (AvgIpc) is 3.63. The molecule has 0 aromatic rings. The summed E-state index contributed by atoms with van der Waals surface area (Å²) < 4.78 is 39.5. The van der Waals surface area contributed by atoms with Gasteiger partial charge in [-0.15, -0.1) is 0 Å². The predicted octanol–water partition coefficient (Wildman–Crippen LogP) is 8.59. The highest BCUT2D eigenvalue weighted by Gasteiger charge is 2.56. The maximum absolute atomic E-state index is 13.2. The highest BCUT2D eigenvalue weighted by molar-refractivity contribution is 5.87. The molecule has 0 bridgehead atoms. The van der Waals surface area contributed by atoms with Crippen LogP contribution in [0.5, 0.6) is 0 Å². The quantitative estimate of drug-likeness (QED) is 0.159. The second kappa shape index (κ2) is 15.2. The lowest BCUT2D eigenvalue weighted by Gasteiger charge is -2.52. The van der Waals surface area contributed by atoms with Crippen molar-refractivity contribution in [2.75, 3.05) is 0 Å². The van der Waals surface area contributed by atoms with E-state index in [1.807, 2.05) is 27.7 Å². The van der Waals surface area contributed by atoms with Gasteiger partial charge in [0.05, 0.1) is 41.7 Å². The molecule has 0 aromatic carbocycles. The molecule has 4 aliphatic rings. The van der Waals surface area contributed by atoms with E-state index in [9.17, 15) is 9.59 Å². The van der Waals surface area contributed by atoms with Gasteiger partial charge in [-0.2, -0.15) is 0 Å². The fourth-order valence-corrected chi connectivity index (χ4v) is 8.55. The monoisotopic (exact) mass is 674 g/mol. The topological polar surface area (TPSA) is 89.5 Å². The van der Waals surface area contributed by atoms with Gasteiger partial charge in [-0.3, -0.25) is 0 Å². The SMILES string of the molecule is C=C(C)C(=O)OC1(C)CCC(OC2CCCC2)CC1OC1CCC(C2CC(OC(C)(C)C)CC(OC(C)(C)C)C2(C)OC(=O)C(=C)C)C1. The van der Waals surface area contributed by atoms with E-state index in [4.69, 9.17) is 28.4 Å². The normalized spacial score (nSPS) is 36.5. The molecule has 48 heavy (non-hydrogen) atoms. The fourth-order valence-electron chi connectivity index (χ4n) is 8.55. The number of hydrogen-bond acceptors (Lipinski definition) is 8. The van der Waals surface area contributed by atoms with Crippen molar-refractivity contribution in [3.8, 4) is 0 Å². The Labute approximate surface area is 291 Å². The van der Waals surface area contributed by atoms with Gasteiger partial charge < -0.3 is 28.4 Å². The summed E-state index contributed by atoms with van der Waals surface area (Å²) in [6.45, 7) is 27.5. The molecule has 4 rings (SSSR count). The number of carbonyl (C=O) groups is 2. The van der Waals surface area contributed by atoms with Gasteiger partial charge in [-0.1, -0.05) is 26.0 Å². The second-order valence-electron chi connectivity index (χ2n) is 17.7. The highest BCUT2D eigenvalue weighted by atomic mass is 16.6. The molecule has 0 amide bonds. The molecular formula is C40H66O8. The predicted molar refractivity (Wildman–Crippen MR) is 188 cm³/mol. The summed E-state index contributed by atoms with van der Waals surface area (Å²) in [5, 5.41) is 0. The molecule has 4 fully saturated rings. The number of rotatable bonds is 11. The molecule has 0 heterocycles. The first kappa shape index (κ1) is 39.1. The first-order chi connectivity index (χ1) is 22.2. The van der Waals surface area contributed by atoms with Crippen LogP contribution in [0.15, 0.2) is 24.3 Å². The van der Waals surface area contributed by atoms with Crippen LogP contribution in [0, 0.1) is 11.8 Å². The van der Waals surface area contributed by atoms with Crippen LogP contribution >= 0.6 is 0 Å². The van der Waals surface area contributed by atoms with Gasteiger partial charge in [-0.25, -0.2) is 9.59 Å². The fraction of sp³-hybridized carbons (Fsp3) is 0.850. The van der Waals surface area contributed by atoms with Gasteiger partial charge in [0.2, 0.25) is 0 Å². The van der Waals surface area contributed by atoms with E-state index in [0.29, 0.717) is 36.5 Å². The molecule has 274 valence electrons. The van der Waals surface area contributed by atoms with Crippen LogP contribution < -0.4 is 0 Å². The molecule has 0 aromatic heterocycles. The molecule has 8 nitrogen and oxygen atoms in total. The summed E-state index contributed by atoms with van der Waals surface area (Å²) >= 11 is 0. The lowest BCUT2D eigenvalue weighted by atomic mass is 9.66. The van der Waals surface area contributed by atoms with Gasteiger partial charge in [-0.05, 0) is 127 Å². The van der Waals surface area contributed by atoms with E-state index in [1.165, 1.54) is 12.8 Å². The highest BCUT2D eigenvalue weighted by Crippen LogP contribution is 2.51. The molecule has 0 aliphatic heterocycles. The van der Waals surface area contributed by atoms with E-state index in [-0.39, 0.29) is 53.9 Å². The third-order valence-corrected chi connectivity index (χ3v) is 10.9. The summed E-state index contributed by atoms with van der Waals surface area (Å²) in [7, 11) is 0. The maximum atomic E-state index is 13.2. The Kier molecular flexibility index (Phi) is 12.4. The van der Waals surface area contributed by atoms with Crippen molar-refractivity contribution in [2.24, 2.45) is 11.8 Å². The number of ether oxygens (including phenoxy) is 6. The molecule has 0 N–H and O–H groups in total. The zero-order valence-corrected chi connectivity index (χ0v) is 31.8. The largest absolute Gasteiger partial charge is 0.453 e. The molecule has 4 aliphatic carbocycles. The zero-order valence-electron chi connectivity index (χ0n) is 31.8. The summed E-state index contributed by atoms with van der Waals surface area (Å²) in [6.07, 6.45) is 10.6. The Bertz CT molecular complexity index is 1160. The third-order valence-electron chi connectivity index (χ3n) is 10.9. The molecule has 9 unspecified atom stereocenters. The molecule has 0 saturated heterocycles. The van der Waals surface area contributed by atoms with Crippen LogP contribution in [-0.4, -0.2) is 71.0 Å². The summed E-state index contributed by atoms with van der Waals surface area (Å²) in [4.78, 5) is 26.0. The Balaban J connectivity index is 1.58. The summed E-state index contributed by atoms with van der Waals surface area (Å²) in [5.74, 6) is -0.566. The Morgan fingerprint density at radius 3 is 1.77 bits per heavy atom. The van der Waals surface area contributed by atoms with E-state index >= 15 is 0 Å². The maximum Gasteiger partial charge on any atom is 0.333 e. The third kappa shape index (κ3) is 10.2. The minimum absolute atomic E-state index is 0.0136. The number of esters is 2. The number of carbonyl (C=O) groups excluding carboxylic acids is 2. The first-order valence-electron chi connectivity index (χ1n) is 18.6. The van der Waals surface area contributed by atoms with Crippen LogP contribution in [0.1, 0.15) is 146 Å². The smallest absolute Gasteiger partial charge is 0.333 e. The summed E-state index contributed by atoms with van der Waals surface area (Å²) in [6, 6.07) is 0. The van der Waals surface area contributed by atoms with Gasteiger partial charge in [0.15, 0.2) is 0 Å². The van der Waals surface area contributed by atoms with Crippen LogP contribution in [0.25, 0.3) is 0 Å². The van der Waals surface area contributed by atoms with Crippen LogP contribution in [0.3, 0.4) is 0 Å². The van der Waals surface area contributed by atoms with Crippen molar-refractivity contribution >= 4 is 11.9 Å². The van der Waals surface area contributed by atoms with Crippen molar-refractivity contribution in [3.63, 3.8) is 0 Å². The minimum atomic E-state index is -0.878. The summed E-state index contributed by atoms with van der Waals surface area (Å²) in [5.41, 5.74) is -1.65. The van der Waals surface area contributed by atoms with Crippen molar-refractivity contribution in [1.29, 1.82) is 0 Å². The Morgan fingerprint density at radius 1 is 0.625 bits per heavy atom. The van der Waals surface area contributed by atoms with Gasteiger partial charge >= 0.3 is 11.9 Å². The first-order valence-corrected chi connectivity index (χ1v) is 18.6. The number of hydrogen-bond donors (Lipinski definition) is 0. The van der Waals surface area contributed by atoms with Gasteiger partial charge in [0.1, 0.15) is 17.3 Å². The Hall–Kier alpha value is -1.74. The molecular weight excluding hydrogens is 608 g/mol. The van der Waals surface area contributed by atoms with Crippen molar-refractivity contribution in [3.05, 3.63) is 24.3 Å². The van der Waals surface area contributed by atoms with E-state index < -0.39 is 22.8 Å². The van der Waals surface area contributed by atoms with E-state index in [2.05, 4.69) is 40.9 Å². The molecule has 8 heteroatoms. The van der Waals surface area contributed by atoms with Crippen LogP contribution in [0.2, 0.25) is 0 Å². The van der Waals surface area contributed by atoms with E-state index in [1.54, 1.807) is 13.8 Å². The molecule has 9 atom stereocenters. The van der Waals surface area contributed by atoms with Crippen LogP contribution in [-0.2, 0) is 38.0 Å². The van der Waals surface area contributed by atoms with Crippen molar-refractivity contribution < 1.29 is 38.0 Å². The lowest BCUT2D eigenvalue weighted by Crippen LogP contribution is -2.60. The van der Waals surface area contributed by atoms with Gasteiger partial charge in [0, 0.05) is 29.9 Å². The standard InChI is InChI=1S/C40H66O8/c1-25(2)35(41)47-39(11)20-19-30(43-28-15-13-14-16-28)23-33(39)44-29-18-17-27(21-29)32-22-31(45-37(5,6)7)24-34(46-38(8,9)10)40(32,12)48-36(42)26(3)4/h27-34H,1,3,13-24H2,2,4-12H3. The second-order valence-corrected chi connectivity index (χ2v) is 17.7.